The predicted octanol–water partition coefficient (Wildman–Crippen LogP) is 3.89. The van der Waals surface area contributed by atoms with Crippen molar-refractivity contribution in [3.8, 4) is 5.75 Å². The number of nitrogens with two attached hydrogens (primary N) is 1. The minimum absolute atomic E-state index is 0.244. The molecule has 5 nitrogen and oxygen atoms in total. The molecule has 0 saturated carbocycles. The summed E-state index contributed by atoms with van der Waals surface area (Å²) in [7, 11) is 0. The van der Waals surface area contributed by atoms with Crippen LogP contribution in [0.1, 0.15) is 22.6 Å². The fourth-order valence-electron chi connectivity index (χ4n) is 2.92. The predicted molar refractivity (Wildman–Crippen MR) is 89.8 cm³/mol. The summed E-state index contributed by atoms with van der Waals surface area (Å²) in [5.74, 6) is 0.458. The van der Waals surface area contributed by atoms with Gasteiger partial charge in [-0.25, -0.2) is 0 Å². The first-order chi connectivity index (χ1) is 12.2. The number of rotatable bonds is 4. The van der Waals surface area contributed by atoms with Gasteiger partial charge in [-0.05, 0) is 37.6 Å². The van der Waals surface area contributed by atoms with Crippen molar-refractivity contribution in [3.63, 3.8) is 0 Å². The summed E-state index contributed by atoms with van der Waals surface area (Å²) in [6.07, 6.45) is -0.869. The topological polar surface area (TPSA) is 64.5 Å². The zero-order valence-corrected chi connectivity index (χ0v) is 14.3. The van der Waals surface area contributed by atoms with Crippen LogP contribution < -0.4 is 10.5 Å². The summed E-state index contributed by atoms with van der Waals surface area (Å²) in [5.41, 5.74) is 10.1. The molecular formula is C18H18F3N3O2. The van der Waals surface area contributed by atoms with Crippen molar-refractivity contribution < 1.29 is 22.4 Å². The molecule has 0 unspecified atom stereocenters. The smallest absolute Gasteiger partial charge is 0.406 e. The van der Waals surface area contributed by atoms with E-state index in [9.17, 15) is 13.2 Å². The number of hydrogen-bond acceptors (Lipinski definition) is 5. The van der Waals surface area contributed by atoms with Crippen LogP contribution in [0, 0.1) is 13.8 Å². The highest BCUT2D eigenvalue weighted by Crippen LogP contribution is 2.28. The molecule has 0 aliphatic carbocycles. The van der Waals surface area contributed by atoms with Gasteiger partial charge in [0.15, 0.2) is 0 Å². The molecule has 138 valence electrons. The van der Waals surface area contributed by atoms with Gasteiger partial charge in [0.25, 0.3) is 0 Å². The minimum Gasteiger partial charge on any atom is -0.406 e. The van der Waals surface area contributed by atoms with E-state index in [0.29, 0.717) is 24.5 Å². The first-order valence-corrected chi connectivity index (χ1v) is 7.91. The molecule has 0 saturated heterocycles. The lowest BCUT2D eigenvalue weighted by Crippen LogP contribution is -2.26. The van der Waals surface area contributed by atoms with Gasteiger partial charge < -0.3 is 19.9 Å². The molecule has 1 aromatic heterocycles. The average molecular weight is 365 g/mol. The summed E-state index contributed by atoms with van der Waals surface area (Å²) in [4.78, 5) is 1.98. The van der Waals surface area contributed by atoms with E-state index in [-0.39, 0.29) is 5.75 Å². The molecular weight excluding hydrogens is 347 g/mol. The van der Waals surface area contributed by atoms with E-state index >= 15 is 0 Å². The Balaban J connectivity index is 1.77. The van der Waals surface area contributed by atoms with Crippen LogP contribution in [-0.4, -0.2) is 23.0 Å². The molecule has 26 heavy (non-hydrogen) atoms. The Hall–Kier alpha value is -2.90. The Kier molecular flexibility index (Phi) is 4.67. The van der Waals surface area contributed by atoms with Crippen LogP contribution in [0.3, 0.4) is 0 Å². The SMILES string of the molecule is Cc1noc(C)c1C1=CN(Cc2ccc(OC(F)(F)F)cc2)CC(N)=C1. The summed E-state index contributed by atoms with van der Waals surface area (Å²) in [6, 6.07) is 5.79. The largest absolute Gasteiger partial charge is 0.573 e. The van der Waals surface area contributed by atoms with Gasteiger partial charge in [-0.3, -0.25) is 0 Å². The fraction of sp³-hybridized carbons (Fsp3) is 0.278. The van der Waals surface area contributed by atoms with Crippen molar-refractivity contribution in [2.45, 2.75) is 26.8 Å². The third kappa shape index (κ3) is 4.19. The molecule has 2 heterocycles. The Labute approximate surface area is 148 Å². The maximum atomic E-state index is 12.2. The quantitative estimate of drug-likeness (QED) is 0.891. The molecule has 0 amide bonds. The number of halogens is 3. The lowest BCUT2D eigenvalue weighted by Gasteiger charge is -2.26. The molecule has 8 heteroatoms. The molecule has 1 aromatic carbocycles. The molecule has 0 fully saturated rings. The minimum atomic E-state index is -4.69. The van der Waals surface area contributed by atoms with Gasteiger partial charge in [-0.1, -0.05) is 17.3 Å². The summed E-state index contributed by atoms with van der Waals surface area (Å²) in [6.45, 7) is 4.70. The number of ether oxygens (including phenoxy) is 1. The standard InChI is InChI=1S/C18H18F3N3O2/c1-11-17(12(2)26-23-11)14-7-15(22)10-24(9-14)8-13-3-5-16(6-4-13)25-18(19,20)21/h3-7,9H,8,10,22H2,1-2H3. The summed E-state index contributed by atoms with van der Waals surface area (Å²) < 4.78 is 45.8. The molecule has 3 rings (SSSR count). The van der Waals surface area contributed by atoms with E-state index < -0.39 is 6.36 Å². The number of benzene rings is 1. The second-order valence-corrected chi connectivity index (χ2v) is 6.10. The summed E-state index contributed by atoms with van der Waals surface area (Å²) in [5, 5.41) is 3.95. The van der Waals surface area contributed by atoms with Crippen LogP contribution in [0.4, 0.5) is 13.2 Å². The fourth-order valence-corrected chi connectivity index (χ4v) is 2.92. The second kappa shape index (κ2) is 6.78. The highest BCUT2D eigenvalue weighted by Gasteiger charge is 2.31. The van der Waals surface area contributed by atoms with Gasteiger partial charge in [0.05, 0.1) is 12.2 Å². The van der Waals surface area contributed by atoms with Crippen molar-refractivity contribution in [2.75, 3.05) is 6.54 Å². The van der Waals surface area contributed by atoms with Gasteiger partial charge in [0, 0.05) is 29.6 Å². The van der Waals surface area contributed by atoms with Crippen LogP contribution in [0.5, 0.6) is 5.75 Å². The van der Waals surface area contributed by atoms with E-state index in [2.05, 4.69) is 9.89 Å². The second-order valence-electron chi connectivity index (χ2n) is 6.10. The van der Waals surface area contributed by atoms with Gasteiger partial charge in [0.2, 0.25) is 0 Å². The number of hydrogen-bond donors (Lipinski definition) is 1. The van der Waals surface area contributed by atoms with E-state index in [0.717, 1.165) is 22.4 Å². The Morgan fingerprint density at radius 2 is 1.92 bits per heavy atom. The van der Waals surface area contributed by atoms with Crippen molar-refractivity contribution in [3.05, 3.63) is 64.8 Å². The first-order valence-electron chi connectivity index (χ1n) is 7.91. The van der Waals surface area contributed by atoms with Gasteiger partial charge >= 0.3 is 6.36 Å². The number of allylic oxidation sites excluding steroid dienone is 2. The molecule has 0 spiro atoms. The molecule has 0 radical (unpaired) electrons. The van der Waals surface area contributed by atoms with Crippen LogP contribution in [0.25, 0.3) is 5.57 Å². The van der Waals surface area contributed by atoms with Crippen LogP contribution in [0.15, 0.2) is 46.8 Å². The van der Waals surface area contributed by atoms with Crippen LogP contribution >= 0.6 is 0 Å². The lowest BCUT2D eigenvalue weighted by molar-refractivity contribution is -0.274. The highest BCUT2D eigenvalue weighted by atomic mass is 19.4. The van der Waals surface area contributed by atoms with E-state index in [1.807, 2.05) is 31.0 Å². The zero-order chi connectivity index (χ0) is 18.9. The van der Waals surface area contributed by atoms with Crippen molar-refractivity contribution in [1.82, 2.24) is 10.1 Å². The Bertz CT molecular complexity index is 832. The van der Waals surface area contributed by atoms with E-state index in [1.165, 1.54) is 12.1 Å². The number of aromatic nitrogens is 1. The molecule has 2 N–H and O–H groups in total. The first kappa shape index (κ1) is 17.9. The zero-order valence-electron chi connectivity index (χ0n) is 14.3. The van der Waals surface area contributed by atoms with Crippen LogP contribution in [-0.2, 0) is 6.54 Å². The Morgan fingerprint density at radius 3 is 2.50 bits per heavy atom. The van der Waals surface area contributed by atoms with Gasteiger partial charge in [0.1, 0.15) is 11.5 Å². The molecule has 1 aliphatic rings. The maximum Gasteiger partial charge on any atom is 0.573 e. The van der Waals surface area contributed by atoms with Gasteiger partial charge in [-0.2, -0.15) is 0 Å². The number of nitrogens with zero attached hydrogens (tertiary/aromatic N) is 2. The normalized spacial score (nSPS) is 14.9. The lowest BCUT2D eigenvalue weighted by atomic mass is 10.0. The van der Waals surface area contributed by atoms with Gasteiger partial charge in [-0.15, -0.1) is 13.2 Å². The highest BCUT2D eigenvalue weighted by molar-refractivity contribution is 5.77. The van der Waals surface area contributed by atoms with Crippen molar-refractivity contribution >= 4 is 5.57 Å². The van der Waals surface area contributed by atoms with Crippen molar-refractivity contribution in [2.24, 2.45) is 5.73 Å². The molecule has 0 bridgehead atoms. The Morgan fingerprint density at radius 1 is 1.23 bits per heavy atom. The molecule has 1 aliphatic heterocycles. The average Bonchev–Trinajstić information content (AvgIpc) is 2.86. The maximum absolute atomic E-state index is 12.2. The van der Waals surface area contributed by atoms with Crippen molar-refractivity contribution in [1.29, 1.82) is 0 Å². The monoisotopic (exact) mass is 365 g/mol. The third-order valence-corrected chi connectivity index (χ3v) is 3.91. The molecule has 2 aromatic rings. The summed E-state index contributed by atoms with van der Waals surface area (Å²) >= 11 is 0. The third-order valence-electron chi connectivity index (χ3n) is 3.91. The molecule has 0 atom stereocenters. The number of aryl methyl sites for hydroxylation is 2. The van der Waals surface area contributed by atoms with Crippen LogP contribution in [0.2, 0.25) is 0 Å². The van der Waals surface area contributed by atoms with E-state index in [1.54, 1.807) is 12.1 Å². The van der Waals surface area contributed by atoms with E-state index in [4.69, 9.17) is 10.3 Å². The number of alkyl halides is 3.